The second-order valence-electron chi connectivity index (χ2n) is 10.5. The van der Waals surface area contributed by atoms with Crippen LogP contribution in [0.3, 0.4) is 0 Å². The second kappa shape index (κ2) is 12.6. The molecule has 3 aliphatic heterocycles. The summed E-state index contributed by atoms with van der Waals surface area (Å²) in [5.74, 6) is -1.53. The van der Waals surface area contributed by atoms with Gasteiger partial charge in [-0.05, 0) is 55.4 Å². The molecule has 40 heavy (non-hydrogen) atoms. The van der Waals surface area contributed by atoms with Gasteiger partial charge in [0.25, 0.3) is 0 Å². The number of allylic oxidation sites excluding steroid dienone is 1. The van der Waals surface area contributed by atoms with Gasteiger partial charge in [-0.3, -0.25) is 14.6 Å². The summed E-state index contributed by atoms with van der Waals surface area (Å²) in [5.41, 5.74) is 1.85. The zero-order chi connectivity index (χ0) is 28.1. The fraction of sp³-hybridized carbons (Fsp3) is 0.387. The number of esters is 2. The first-order valence-corrected chi connectivity index (χ1v) is 14.4. The van der Waals surface area contributed by atoms with Crippen molar-refractivity contribution in [3.05, 3.63) is 93.5 Å². The van der Waals surface area contributed by atoms with Gasteiger partial charge in [0.1, 0.15) is 0 Å². The highest BCUT2D eigenvalue weighted by molar-refractivity contribution is 6.42. The largest absolute Gasteiger partial charge is 0.453 e. The van der Waals surface area contributed by atoms with E-state index in [2.05, 4.69) is 23.1 Å². The Morgan fingerprint density at radius 3 is 2.60 bits per heavy atom. The standard InChI is InChI=1S/C31H32Cl2N2O5/c32-25-12-11-24(18-26(25)33)19-28(36)35-16-5-10-27-31(35,40-30(38)14-13-29(37)39-27)21-34-17-15-23(20-34)9-4-8-22-6-2-1-3-7-22/h1-3,6-7,9,11-14,18,27H,4-5,8,10,15-17,19-21H2/b14-13-,23-9+. The van der Waals surface area contributed by atoms with Crippen LogP contribution in [0, 0.1) is 0 Å². The van der Waals surface area contributed by atoms with Crippen molar-refractivity contribution >= 4 is 41.0 Å². The summed E-state index contributed by atoms with van der Waals surface area (Å²) >= 11 is 12.3. The van der Waals surface area contributed by atoms with E-state index in [1.165, 1.54) is 11.1 Å². The van der Waals surface area contributed by atoms with Crippen LogP contribution >= 0.6 is 23.2 Å². The molecule has 0 aliphatic carbocycles. The highest BCUT2D eigenvalue weighted by Gasteiger charge is 2.55. The first-order valence-electron chi connectivity index (χ1n) is 13.6. The van der Waals surface area contributed by atoms with E-state index in [1.54, 1.807) is 23.1 Å². The Labute approximate surface area is 244 Å². The van der Waals surface area contributed by atoms with Gasteiger partial charge in [-0.15, -0.1) is 0 Å². The Hall–Kier alpha value is -3.13. The molecule has 2 atom stereocenters. The van der Waals surface area contributed by atoms with Crippen molar-refractivity contribution in [2.45, 2.75) is 50.4 Å². The number of aryl methyl sites for hydroxylation is 1. The van der Waals surface area contributed by atoms with Crippen LogP contribution in [-0.4, -0.2) is 65.7 Å². The predicted molar refractivity (Wildman–Crippen MR) is 153 cm³/mol. The third kappa shape index (κ3) is 6.60. The maximum atomic E-state index is 13.8. The molecule has 2 aromatic rings. The summed E-state index contributed by atoms with van der Waals surface area (Å²) in [6, 6.07) is 15.4. The lowest BCUT2D eigenvalue weighted by Gasteiger charge is -2.51. The van der Waals surface area contributed by atoms with Crippen LogP contribution in [0.5, 0.6) is 0 Å². The first kappa shape index (κ1) is 28.4. The van der Waals surface area contributed by atoms with Gasteiger partial charge in [0, 0.05) is 31.8 Å². The minimum absolute atomic E-state index is 0.0390. The number of amides is 1. The number of benzene rings is 2. The fourth-order valence-electron chi connectivity index (χ4n) is 5.75. The van der Waals surface area contributed by atoms with E-state index in [0.29, 0.717) is 41.5 Å². The summed E-state index contributed by atoms with van der Waals surface area (Å²) in [4.78, 5) is 42.9. The van der Waals surface area contributed by atoms with E-state index < -0.39 is 23.8 Å². The van der Waals surface area contributed by atoms with Crippen molar-refractivity contribution < 1.29 is 23.9 Å². The summed E-state index contributed by atoms with van der Waals surface area (Å²) in [7, 11) is 0. The van der Waals surface area contributed by atoms with E-state index in [9.17, 15) is 14.4 Å². The van der Waals surface area contributed by atoms with Crippen LogP contribution in [-0.2, 0) is 36.7 Å². The number of ether oxygens (including phenoxy) is 2. The number of hydrogen-bond acceptors (Lipinski definition) is 6. The van der Waals surface area contributed by atoms with E-state index in [1.807, 2.05) is 18.2 Å². The smallest absolute Gasteiger partial charge is 0.333 e. The Kier molecular flexibility index (Phi) is 8.94. The maximum Gasteiger partial charge on any atom is 0.333 e. The van der Waals surface area contributed by atoms with Gasteiger partial charge in [0.15, 0.2) is 6.10 Å². The van der Waals surface area contributed by atoms with Gasteiger partial charge >= 0.3 is 11.9 Å². The molecular formula is C31H32Cl2N2O5. The average molecular weight is 584 g/mol. The molecule has 0 radical (unpaired) electrons. The lowest BCUT2D eigenvalue weighted by molar-refractivity contribution is -0.236. The van der Waals surface area contributed by atoms with E-state index in [-0.39, 0.29) is 18.9 Å². The third-order valence-electron chi connectivity index (χ3n) is 7.67. The van der Waals surface area contributed by atoms with Gasteiger partial charge in [0.2, 0.25) is 11.6 Å². The zero-order valence-electron chi connectivity index (χ0n) is 22.2. The second-order valence-corrected chi connectivity index (χ2v) is 11.3. The molecule has 2 fully saturated rings. The van der Waals surface area contributed by atoms with Gasteiger partial charge in [-0.2, -0.15) is 0 Å². The number of carbonyl (C=O) groups is 3. The average Bonchev–Trinajstić information content (AvgIpc) is 3.37. The quantitative estimate of drug-likeness (QED) is 0.332. The van der Waals surface area contributed by atoms with Crippen molar-refractivity contribution in [2.24, 2.45) is 0 Å². The Balaban J connectivity index is 1.37. The molecule has 7 nitrogen and oxygen atoms in total. The Morgan fingerprint density at radius 1 is 1.00 bits per heavy atom. The fourth-order valence-corrected chi connectivity index (χ4v) is 6.07. The molecule has 0 saturated carbocycles. The first-order chi connectivity index (χ1) is 19.3. The van der Waals surface area contributed by atoms with Crippen LogP contribution in [0.15, 0.2) is 72.3 Å². The van der Waals surface area contributed by atoms with Gasteiger partial charge < -0.3 is 9.47 Å². The molecule has 2 aromatic carbocycles. The number of fused-ring (bicyclic) bond motifs is 1. The molecule has 5 rings (SSSR count). The topological polar surface area (TPSA) is 76.2 Å². The number of likely N-dealkylation sites (tertiary alicyclic amines) is 2. The molecule has 2 unspecified atom stereocenters. The van der Waals surface area contributed by atoms with Crippen molar-refractivity contribution in [1.82, 2.24) is 9.80 Å². The Morgan fingerprint density at radius 2 is 1.80 bits per heavy atom. The predicted octanol–water partition coefficient (Wildman–Crippen LogP) is 5.14. The number of halogens is 2. The normalized spacial score (nSPS) is 25.1. The minimum Gasteiger partial charge on any atom is -0.453 e. The van der Waals surface area contributed by atoms with E-state index in [0.717, 1.165) is 38.0 Å². The van der Waals surface area contributed by atoms with Crippen LogP contribution in [0.2, 0.25) is 10.0 Å². The zero-order valence-corrected chi connectivity index (χ0v) is 23.7. The SMILES string of the molecule is O=C1/C=C\C(=O)OC2(CN3CC/C(=C\CCc4ccccc4)C3)C(CCCN2C(=O)Cc2ccc(Cl)c(Cl)c2)O1. The lowest BCUT2D eigenvalue weighted by atomic mass is 9.92. The molecule has 3 aliphatic rings. The molecule has 3 heterocycles. The van der Waals surface area contributed by atoms with Crippen LogP contribution < -0.4 is 0 Å². The summed E-state index contributed by atoms with van der Waals surface area (Å²) in [6.45, 7) is 2.06. The number of rotatable bonds is 7. The third-order valence-corrected chi connectivity index (χ3v) is 8.41. The Bertz CT molecular complexity index is 1330. The minimum atomic E-state index is -1.44. The summed E-state index contributed by atoms with van der Waals surface area (Å²) < 4.78 is 11.9. The van der Waals surface area contributed by atoms with Gasteiger partial charge in [-0.25, -0.2) is 9.59 Å². The molecule has 0 bridgehead atoms. The molecule has 1 amide bonds. The molecule has 2 saturated heterocycles. The van der Waals surface area contributed by atoms with E-state index >= 15 is 0 Å². The monoisotopic (exact) mass is 582 g/mol. The van der Waals surface area contributed by atoms with Crippen LogP contribution in [0.25, 0.3) is 0 Å². The van der Waals surface area contributed by atoms with Gasteiger partial charge in [-0.1, -0.05) is 71.2 Å². The van der Waals surface area contributed by atoms with Crippen molar-refractivity contribution in [1.29, 1.82) is 0 Å². The molecule has 0 spiro atoms. The highest BCUT2D eigenvalue weighted by atomic mass is 35.5. The number of carbonyl (C=O) groups excluding carboxylic acids is 3. The molecule has 210 valence electrons. The molecule has 0 N–H and O–H groups in total. The van der Waals surface area contributed by atoms with Crippen molar-refractivity contribution in [2.75, 3.05) is 26.2 Å². The summed E-state index contributed by atoms with van der Waals surface area (Å²) in [6.07, 6.45) is 7.56. The molecule has 9 heteroatoms. The number of nitrogens with zero attached hydrogens (tertiary/aromatic N) is 2. The molecule has 0 aromatic heterocycles. The highest BCUT2D eigenvalue weighted by Crippen LogP contribution is 2.37. The van der Waals surface area contributed by atoms with E-state index in [4.69, 9.17) is 32.7 Å². The maximum absolute atomic E-state index is 13.8. The van der Waals surface area contributed by atoms with Gasteiger partial charge in [0.05, 0.1) is 23.0 Å². The lowest BCUT2D eigenvalue weighted by Crippen LogP contribution is -2.69. The van der Waals surface area contributed by atoms with Crippen molar-refractivity contribution in [3.63, 3.8) is 0 Å². The number of piperidine rings is 1. The number of hydrogen-bond donors (Lipinski definition) is 0. The van der Waals surface area contributed by atoms with Crippen molar-refractivity contribution in [3.8, 4) is 0 Å². The molecular weight excluding hydrogens is 551 g/mol. The van der Waals surface area contributed by atoms with Crippen LogP contribution in [0.4, 0.5) is 0 Å². The van der Waals surface area contributed by atoms with Crippen LogP contribution in [0.1, 0.15) is 36.8 Å². The summed E-state index contributed by atoms with van der Waals surface area (Å²) in [5, 5.41) is 0.764.